The van der Waals surface area contributed by atoms with Crippen molar-refractivity contribution < 1.29 is 23.6 Å². The molecule has 4 heterocycles. The summed E-state index contributed by atoms with van der Waals surface area (Å²) < 4.78 is 11.6. The molecule has 2 bridgehead atoms. The third-order valence-corrected chi connectivity index (χ3v) is 8.11. The van der Waals surface area contributed by atoms with Gasteiger partial charge in [0.2, 0.25) is 17.7 Å². The standard InChI is InChI=1S/C26H36N4O5/c1-15(2)10-13-30-21(23(32)27-17-8-6-5-7-9-17)26-12-11-25(4,35-26)19(20(26)24(30)33)22(31)28-18-14-16(3)34-29-18/h11-12,14-15,17,19-21H,5-10,13H2,1-4H3,(H,27,32)(H,28,29,31)/t19-,20-,21+,25+,26+/m0/s1. The highest BCUT2D eigenvalue weighted by atomic mass is 16.5. The highest BCUT2D eigenvalue weighted by Crippen LogP contribution is 2.59. The highest BCUT2D eigenvalue weighted by Gasteiger charge is 2.76. The Hall–Kier alpha value is -2.68. The van der Waals surface area contributed by atoms with Crippen LogP contribution in [0.25, 0.3) is 0 Å². The fraction of sp³-hybridized carbons (Fsp3) is 0.692. The van der Waals surface area contributed by atoms with E-state index in [9.17, 15) is 14.4 Å². The maximum absolute atomic E-state index is 13.9. The molecule has 3 amide bonds. The monoisotopic (exact) mass is 484 g/mol. The van der Waals surface area contributed by atoms with E-state index in [4.69, 9.17) is 9.26 Å². The van der Waals surface area contributed by atoms with Crippen molar-refractivity contribution in [2.24, 2.45) is 17.8 Å². The summed E-state index contributed by atoms with van der Waals surface area (Å²) in [5, 5.41) is 9.87. The molecule has 1 aromatic rings. The Bertz CT molecular complexity index is 1040. The fourth-order valence-corrected chi connectivity index (χ4v) is 6.42. The number of amides is 3. The van der Waals surface area contributed by atoms with Crippen LogP contribution < -0.4 is 10.6 Å². The average Bonchev–Trinajstić information content (AvgIpc) is 3.50. The normalized spacial score (nSPS) is 34.0. The molecule has 9 nitrogen and oxygen atoms in total. The summed E-state index contributed by atoms with van der Waals surface area (Å²) in [7, 11) is 0. The number of rotatable bonds is 7. The minimum Gasteiger partial charge on any atom is -0.360 e. The SMILES string of the molecule is Cc1cc(NC(=O)[C@@H]2[C@H]3C(=O)N(CCC(C)C)[C@H](C(=O)NC4CCCCC4)[C@@]34C=C[C@@]2(C)O4)no1. The molecule has 0 unspecified atom stereocenters. The number of likely N-dealkylation sites (tertiary alicyclic amines) is 1. The van der Waals surface area contributed by atoms with Crippen molar-refractivity contribution in [1.82, 2.24) is 15.4 Å². The van der Waals surface area contributed by atoms with Gasteiger partial charge in [0.1, 0.15) is 17.4 Å². The summed E-state index contributed by atoms with van der Waals surface area (Å²) >= 11 is 0. The van der Waals surface area contributed by atoms with Gasteiger partial charge in [0.15, 0.2) is 5.82 Å². The number of aromatic nitrogens is 1. The van der Waals surface area contributed by atoms with E-state index in [-0.39, 0.29) is 23.8 Å². The van der Waals surface area contributed by atoms with Gasteiger partial charge in [-0.05, 0) is 39.0 Å². The largest absolute Gasteiger partial charge is 0.360 e. The summed E-state index contributed by atoms with van der Waals surface area (Å²) in [5.74, 6) is -1.07. The highest BCUT2D eigenvalue weighted by molar-refractivity contribution is 6.03. The molecule has 4 aliphatic rings. The van der Waals surface area contributed by atoms with Gasteiger partial charge in [0.05, 0.1) is 17.4 Å². The Kier molecular flexibility index (Phi) is 6.02. The Morgan fingerprint density at radius 1 is 1.20 bits per heavy atom. The van der Waals surface area contributed by atoms with Gasteiger partial charge in [-0.3, -0.25) is 14.4 Å². The van der Waals surface area contributed by atoms with E-state index in [1.165, 1.54) is 6.42 Å². The van der Waals surface area contributed by atoms with E-state index in [2.05, 4.69) is 29.6 Å². The second-order valence-corrected chi connectivity index (χ2v) is 11.2. The second-order valence-electron chi connectivity index (χ2n) is 11.2. The molecule has 0 radical (unpaired) electrons. The molecule has 1 aliphatic carbocycles. The summed E-state index contributed by atoms with van der Waals surface area (Å²) in [5.41, 5.74) is -2.15. The first kappa shape index (κ1) is 24.0. The van der Waals surface area contributed by atoms with E-state index in [1.54, 1.807) is 17.9 Å². The zero-order chi connectivity index (χ0) is 25.0. The lowest BCUT2D eigenvalue weighted by molar-refractivity contribution is -0.144. The number of aryl methyl sites for hydroxylation is 1. The smallest absolute Gasteiger partial charge is 0.246 e. The van der Waals surface area contributed by atoms with E-state index in [1.807, 2.05) is 19.1 Å². The topological polar surface area (TPSA) is 114 Å². The number of carbonyl (C=O) groups is 3. The maximum Gasteiger partial charge on any atom is 0.246 e. The van der Waals surface area contributed by atoms with Crippen LogP contribution in [0.15, 0.2) is 22.7 Å². The van der Waals surface area contributed by atoms with Crippen LogP contribution in [0, 0.1) is 24.7 Å². The van der Waals surface area contributed by atoms with Gasteiger partial charge in [0.25, 0.3) is 0 Å². The van der Waals surface area contributed by atoms with Crippen LogP contribution in [0.4, 0.5) is 5.82 Å². The van der Waals surface area contributed by atoms with Crippen LogP contribution in [0.3, 0.4) is 0 Å². The predicted molar refractivity (Wildman–Crippen MR) is 128 cm³/mol. The lowest BCUT2D eigenvalue weighted by atomic mass is 9.70. The quantitative estimate of drug-likeness (QED) is 0.575. The van der Waals surface area contributed by atoms with E-state index < -0.39 is 29.1 Å². The van der Waals surface area contributed by atoms with E-state index in [0.717, 1.165) is 32.1 Å². The number of hydrogen-bond donors (Lipinski definition) is 2. The first-order valence-corrected chi connectivity index (χ1v) is 12.9. The average molecular weight is 485 g/mol. The van der Waals surface area contributed by atoms with Crippen molar-refractivity contribution in [2.45, 2.75) is 89.5 Å². The van der Waals surface area contributed by atoms with Gasteiger partial charge in [-0.15, -0.1) is 0 Å². The van der Waals surface area contributed by atoms with Crippen LogP contribution in [0.1, 0.15) is 65.1 Å². The van der Waals surface area contributed by atoms with Gasteiger partial charge in [-0.2, -0.15) is 0 Å². The van der Waals surface area contributed by atoms with Crippen molar-refractivity contribution in [3.8, 4) is 0 Å². The molecule has 1 spiro atoms. The Morgan fingerprint density at radius 3 is 2.60 bits per heavy atom. The third kappa shape index (κ3) is 3.97. The van der Waals surface area contributed by atoms with Crippen molar-refractivity contribution >= 4 is 23.5 Å². The molecule has 5 atom stereocenters. The molecule has 35 heavy (non-hydrogen) atoms. The fourth-order valence-electron chi connectivity index (χ4n) is 6.42. The van der Waals surface area contributed by atoms with Gasteiger partial charge >= 0.3 is 0 Å². The molecule has 0 aromatic carbocycles. The molecule has 190 valence electrons. The van der Waals surface area contributed by atoms with Crippen LogP contribution >= 0.6 is 0 Å². The lowest BCUT2D eigenvalue weighted by Crippen LogP contribution is -2.56. The first-order chi connectivity index (χ1) is 16.6. The summed E-state index contributed by atoms with van der Waals surface area (Å²) in [6.45, 7) is 8.19. The van der Waals surface area contributed by atoms with E-state index in [0.29, 0.717) is 24.0 Å². The van der Waals surface area contributed by atoms with E-state index >= 15 is 0 Å². The minimum absolute atomic E-state index is 0.112. The number of fused-ring (bicyclic) bond motifs is 1. The number of hydrogen-bond acceptors (Lipinski definition) is 6. The summed E-state index contributed by atoms with van der Waals surface area (Å²) in [6, 6.07) is 0.943. The molecule has 3 fully saturated rings. The Labute approximate surface area is 206 Å². The van der Waals surface area contributed by atoms with Gasteiger partial charge in [-0.1, -0.05) is 50.4 Å². The van der Waals surface area contributed by atoms with Gasteiger partial charge < -0.3 is 24.8 Å². The Morgan fingerprint density at radius 2 is 1.94 bits per heavy atom. The number of anilines is 1. The molecule has 1 saturated carbocycles. The molecule has 2 saturated heterocycles. The Balaban J connectivity index is 1.46. The lowest BCUT2D eigenvalue weighted by Gasteiger charge is -2.35. The second kappa shape index (κ2) is 8.76. The maximum atomic E-state index is 13.9. The zero-order valence-corrected chi connectivity index (χ0v) is 21.0. The van der Waals surface area contributed by atoms with Crippen molar-refractivity contribution in [1.29, 1.82) is 0 Å². The third-order valence-electron chi connectivity index (χ3n) is 8.11. The number of nitrogens with zero attached hydrogens (tertiary/aromatic N) is 2. The molecule has 2 N–H and O–H groups in total. The number of nitrogens with one attached hydrogen (secondary N) is 2. The zero-order valence-electron chi connectivity index (χ0n) is 21.0. The van der Waals surface area contributed by atoms with Crippen molar-refractivity contribution in [2.75, 3.05) is 11.9 Å². The van der Waals surface area contributed by atoms with Crippen molar-refractivity contribution in [3.63, 3.8) is 0 Å². The summed E-state index contributed by atoms with van der Waals surface area (Å²) in [6.07, 6.45) is 9.75. The number of ether oxygens (including phenoxy) is 1. The van der Waals surface area contributed by atoms with Crippen LogP contribution in [-0.4, -0.2) is 57.6 Å². The van der Waals surface area contributed by atoms with Gasteiger partial charge in [0, 0.05) is 18.7 Å². The molecule has 3 aliphatic heterocycles. The minimum atomic E-state index is -1.16. The molecular weight excluding hydrogens is 448 g/mol. The summed E-state index contributed by atoms with van der Waals surface area (Å²) in [4.78, 5) is 42.9. The molecule has 5 rings (SSSR count). The van der Waals surface area contributed by atoms with Crippen LogP contribution in [-0.2, 0) is 19.1 Å². The first-order valence-electron chi connectivity index (χ1n) is 12.9. The number of carbonyl (C=O) groups excluding carboxylic acids is 3. The predicted octanol–water partition coefficient (Wildman–Crippen LogP) is 2.96. The molecule has 1 aromatic heterocycles. The van der Waals surface area contributed by atoms with Gasteiger partial charge in [-0.25, -0.2) is 0 Å². The van der Waals surface area contributed by atoms with Crippen molar-refractivity contribution in [3.05, 3.63) is 24.0 Å². The van der Waals surface area contributed by atoms with Crippen LogP contribution in [0.2, 0.25) is 0 Å². The molecule has 9 heteroatoms. The molecular formula is C26H36N4O5. The van der Waals surface area contributed by atoms with Crippen LogP contribution in [0.5, 0.6) is 0 Å².